The molecule has 0 fully saturated rings. The zero-order chi connectivity index (χ0) is 16.4. The van der Waals surface area contributed by atoms with E-state index in [1.54, 1.807) is 0 Å². The summed E-state index contributed by atoms with van der Waals surface area (Å²) in [5.74, 6) is 0.123. The van der Waals surface area contributed by atoms with Crippen LogP contribution in [0.4, 0.5) is 11.4 Å². The quantitative estimate of drug-likeness (QED) is 0.796. The molecule has 3 N–H and O–H groups in total. The number of hydrogen-bond acceptors (Lipinski definition) is 4. The zero-order valence-corrected chi connectivity index (χ0v) is 14.1. The van der Waals surface area contributed by atoms with Gasteiger partial charge in [0, 0.05) is 11.6 Å². The van der Waals surface area contributed by atoms with Crippen molar-refractivity contribution in [1.29, 1.82) is 0 Å². The van der Waals surface area contributed by atoms with Gasteiger partial charge in [-0.1, -0.05) is 48.7 Å². The molecule has 0 radical (unpaired) electrons. The molecule has 1 aromatic heterocycles. The Balaban J connectivity index is 2.31. The van der Waals surface area contributed by atoms with Gasteiger partial charge >= 0.3 is 0 Å². The Labute approximate surface area is 142 Å². The smallest absolute Gasteiger partial charge is 0.275 e. The van der Waals surface area contributed by atoms with E-state index in [1.165, 1.54) is 18.3 Å². The lowest BCUT2D eigenvalue weighted by molar-refractivity contribution is 0.102. The molecule has 0 unspecified atom stereocenters. The number of aromatic nitrogens is 2. The minimum absolute atomic E-state index is 0.0734. The number of carbonyl (C=O) groups is 1. The Kier molecular flexibility index (Phi) is 5.11. The van der Waals surface area contributed by atoms with Crippen LogP contribution in [0.15, 0.2) is 18.3 Å². The van der Waals surface area contributed by atoms with Crippen molar-refractivity contribution in [3.05, 3.63) is 44.9 Å². The fourth-order valence-electron chi connectivity index (χ4n) is 1.66. The van der Waals surface area contributed by atoms with Crippen LogP contribution in [0.25, 0.3) is 0 Å². The SMILES string of the molecule is CC(C)c1ncc(Cl)c(C(=O)Nc2cc(Cl)c(N)c(Cl)c2)n1. The second kappa shape index (κ2) is 6.69. The largest absolute Gasteiger partial charge is 0.396 e. The van der Waals surface area contributed by atoms with E-state index in [9.17, 15) is 4.79 Å². The fraction of sp³-hybridized carbons (Fsp3) is 0.214. The summed E-state index contributed by atoms with van der Waals surface area (Å²) in [6.45, 7) is 3.84. The summed E-state index contributed by atoms with van der Waals surface area (Å²) in [6.07, 6.45) is 1.40. The van der Waals surface area contributed by atoms with Crippen LogP contribution in [-0.4, -0.2) is 15.9 Å². The van der Waals surface area contributed by atoms with E-state index in [1.807, 2.05) is 13.8 Å². The molecule has 0 aliphatic heterocycles. The summed E-state index contributed by atoms with van der Waals surface area (Å²) >= 11 is 17.9. The van der Waals surface area contributed by atoms with E-state index in [4.69, 9.17) is 40.5 Å². The number of anilines is 2. The number of nitrogen functional groups attached to an aromatic ring is 1. The van der Waals surface area contributed by atoms with Crippen LogP contribution in [0.1, 0.15) is 36.1 Å². The number of halogens is 3. The average Bonchev–Trinajstić information content (AvgIpc) is 2.44. The first-order chi connectivity index (χ1) is 10.3. The normalized spacial score (nSPS) is 10.8. The highest BCUT2D eigenvalue weighted by Gasteiger charge is 2.16. The van der Waals surface area contributed by atoms with Crippen LogP contribution >= 0.6 is 34.8 Å². The Morgan fingerprint density at radius 3 is 2.32 bits per heavy atom. The maximum atomic E-state index is 12.3. The highest BCUT2D eigenvalue weighted by atomic mass is 35.5. The molecule has 1 amide bonds. The molecule has 0 bridgehead atoms. The van der Waals surface area contributed by atoms with Gasteiger partial charge in [-0.05, 0) is 12.1 Å². The van der Waals surface area contributed by atoms with Gasteiger partial charge in [-0.2, -0.15) is 0 Å². The maximum Gasteiger partial charge on any atom is 0.275 e. The van der Waals surface area contributed by atoms with Gasteiger partial charge in [0.2, 0.25) is 0 Å². The van der Waals surface area contributed by atoms with E-state index in [2.05, 4.69) is 15.3 Å². The van der Waals surface area contributed by atoms with Gasteiger partial charge in [0.25, 0.3) is 5.91 Å². The Hall–Kier alpha value is -1.56. The number of hydrogen-bond donors (Lipinski definition) is 2. The third kappa shape index (κ3) is 3.61. The molecular formula is C14H13Cl3N4O. The third-order valence-electron chi connectivity index (χ3n) is 2.83. The summed E-state index contributed by atoms with van der Waals surface area (Å²) < 4.78 is 0. The number of nitrogens with two attached hydrogens (primary N) is 1. The van der Waals surface area contributed by atoms with Crippen LogP contribution in [0, 0.1) is 0 Å². The minimum atomic E-state index is -0.480. The summed E-state index contributed by atoms with van der Waals surface area (Å²) in [7, 11) is 0. The molecule has 0 aliphatic rings. The van der Waals surface area contributed by atoms with Crippen molar-refractivity contribution >= 4 is 52.1 Å². The lowest BCUT2D eigenvalue weighted by atomic mass is 10.2. The van der Waals surface area contributed by atoms with Gasteiger partial charge in [-0.3, -0.25) is 4.79 Å². The second-order valence-electron chi connectivity index (χ2n) is 4.89. The van der Waals surface area contributed by atoms with Crippen LogP contribution in [-0.2, 0) is 0 Å². The van der Waals surface area contributed by atoms with Crippen molar-refractivity contribution in [2.24, 2.45) is 0 Å². The first kappa shape index (κ1) is 16.8. The van der Waals surface area contributed by atoms with Gasteiger partial charge in [0.1, 0.15) is 5.82 Å². The summed E-state index contributed by atoms with van der Waals surface area (Å²) in [6, 6.07) is 3.00. The summed E-state index contributed by atoms with van der Waals surface area (Å²) in [5.41, 5.74) is 6.39. The van der Waals surface area contributed by atoms with Crippen LogP contribution < -0.4 is 11.1 Å². The highest BCUT2D eigenvalue weighted by Crippen LogP contribution is 2.31. The number of nitrogens with zero attached hydrogens (tertiary/aromatic N) is 2. The van der Waals surface area contributed by atoms with Gasteiger partial charge in [-0.15, -0.1) is 0 Å². The molecule has 116 valence electrons. The Bertz CT molecular complexity index is 711. The molecule has 2 aromatic rings. The van der Waals surface area contributed by atoms with Crippen molar-refractivity contribution in [3.63, 3.8) is 0 Å². The summed E-state index contributed by atoms with van der Waals surface area (Å²) in [5, 5.41) is 3.30. The average molecular weight is 360 g/mol. The van der Waals surface area contributed by atoms with E-state index in [0.29, 0.717) is 11.5 Å². The van der Waals surface area contributed by atoms with Gasteiger partial charge in [-0.25, -0.2) is 9.97 Å². The predicted molar refractivity (Wildman–Crippen MR) is 90.0 cm³/mol. The topological polar surface area (TPSA) is 80.9 Å². The molecule has 0 aliphatic carbocycles. The Morgan fingerprint density at radius 2 is 1.77 bits per heavy atom. The molecule has 5 nitrogen and oxygen atoms in total. The monoisotopic (exact) mass is 358 g/mol. The molecule has 1 heterocycles. The van der Waals surface area contributed by atoms with Crippen molar-refractivity contribution in [3.8, 4) is 0 Å². The lowest BCUT2D eigenvalue weighted by Crippen LogP contribution is -2.16. The molecule has 0 atom stereocenters. The number of rotatable bonds is 3. The van der Waals surface area contributed by atoms with Gasteiger partial charge < -0.3 is 11.1 Å². The first-order valence-electron chi connectivity index (χ1n) is 6.38. The number of nitrogens with one attached hydrogen (secondary N) is 1. The Morgan fingerprint density at radius 1 is 1.18 bits per heavy atom. The molecule has 0 saturated heterocycles. The molecule has 1 aromatic carbocycles. The molecule has 0 saturated carbocycles. The third-order valence-corrected chi connectivity index (χ3v) is 3.73. The molecule has 8 heteroatoms. The van der Waals surface area contributed by atoms with Crippen molar-refractivity contribution < 1.29 is 4.79 Å². The predicted octanol–water partition coefficient (Wildman–Crippen LogP) is 4.39. The van der Waals surface area contributed by atoms with Crippen molar-refractivity contribution in [2.45, 2.75) is 19.8 Å². The van der Waals surface area contributed by atoms with E-state index >= 15 is 0 Å². The van der Waals surface area contributed by atoms with Gasteiger partial charge in [0.15, 0.2) is 5.69 Å². The first-order valence-corrected chi connectivity index (χ1v) is 7.51. The summed E-state index contributed by atoms with van der Waals surface area (Å²) in [4.78, 5) is 20.6. The van der Waals surface area contributed by atoms with E-state index < -0.39 is 5.91 Å². The molecular weight excluding hydrogens is 347 g/mol. The number of benzene rings is 1. The second-order valence-corrected chi connectivity index (χ2v) is 6.11. The minimum Gasteiger partial charge on any atom is -0.396 e. The van der Waals surface area contributed by atoms with E-state index in [0.717, 1.165) is 0 Å². The van der Waals surface area contributed by atoms with Crippen LogP contribution in [0.2, 0.25) is 15.1 Å². The molecule has 2 rings (SSSR count). The van der Waals surface area contributed by atoms with Crippen LogP contribution in [0.5, 0.6) is 0 Å². The number of carbonyl (C=O) groups excluding carboxylic acids is 1. The van der Waals surface area contributed by atoms with Crippen molar-refractivity contribution in [2.75, 3.05) is 11.1 Å². The van der Waals surface area contributed by atoms with Crippen LogP contribution in [0.3, 0.4) is 0 Å². The van der Waals surface area contributed by atoms with Gasteiger partial charge in [0.05, 0.1) is 27.0 Å². The molecule has 0 spiro atoms. The lowest BCUT2D eigenvalue weighted by Gasteiger charge is -2.10. The highest BCUT2D eigenvalue weighted by molar-refractivity contribution is 6.39. The molecule has 22 heavy (non-hydrogen) atoms. The van der Waals surface area contributed by atoms with Crippen molar-refractivity contribution in [1.82, 2.24) is 9.97 Å². The maximum absolute atomic E-state index is 12.3. The fourth-order valence-corrected chi connectivity index (χ4v) is 2.33. The zero-order valence-electron chi connectivity index (χ0n) is 11.8. The van der Waals surface area contributed by atoms with E-state index in [-0.39, 0.29) is 32.4 Å². The standard InChI is InChI=1S/C14H13Cl3N4O/c1-6(2)13-19-5-10(17)12(21-13)14(22)20-7-3-8(15)11(18)9(16)4-7/h3-6H,18H2,1-2H3,(H,20,22). The number of amides is 1.